The molecule has 3 heterocycles. The molecule has 0 bridgehead atoms. The first-order valence-corrected chi connectivity index (χ1v) is 11.2. The number of nitrogens with zero attached hydrogens (tertiary/aromatic N) is 2. The van der Waals surface area contributed by atoms with Crippen molar-refractivity contribution in [3.8, 4) is 22.5 Å². The third kappa shape index (κ3) is 2.76. The van der Waals surface area contributed by atoms with Crippen LogP contribution in [0.1, 0.15) is 75.0 Å². The lowest BCUT2D eigenvalue weighted by Crippen LogP contribution is -2.32. The van der Waals surface area contributed by atoms with Crippen LogP contribution in [0.4, 0.5) is 0 Å². The smallest absolute Gasteiger partial charge is 0.227 e. The summed E-state index contributed by atoms with van der Waals surface area (Å²) in [6.07, 6.45) is 1.53. The molecule has 170 valence electrons. The Balaban J connectivity index is 1.71. The number of aryl methyl sites for hydroxylation is 3. The summed E-state index contributed by atoms with van der Waals surface area (Å²) in [5.74, 6) is -1.22. The molecule has 5 aromatic rings. The van der Waals surface area contributed by atoms with Gasteiger partial charge in [-0.05, 0) is 48.0 Å². The summed E-state index contributed by atoms with van der Waals surface area (Å²) in [4.78, 5) is 4.77. The number of fused-ring (bicyclic) bond motifs is 6. The second-order valence-corrected chi connectivity index (χ2v) is 9.37. The molecule has 34 heavy (non-hydrogen) atoms. The van der Waals surface area contributed by atoms with Gasteiger partial charge < -0.3 is 4.42 Å². The number of rotatable bonds is 2. The maximum absolute atomic E-state index is 8.72. The van der Waals surface area contributed by atoms with Gasteiger partial charge in [-0.2, -0.15) is 0 Å². The van der Waals surface area contributed by atoms with Crippen LogP contribution in [0.5, 0.6) is 0 Å². The molecule has 0 aliphatic heterocycles. The van der Waals surface area contributed by atoms with E-state index < -0.39 is 31.9 Å². The van der Waals surface area contributed by atoms with E-state index in [1.807, 2.05) is 19.1 Å². The molecular weight excluding hydrogens is 416 g/mol. The highest BCUT2D eigenvalue weighted by molar-refractivity contribution is 6.10. The van der Waals surface area contributed by atoms with E-state index in [1.165, 1.54) is 6.20 Å². The van der Waals surface area contributed by atoms with E-state index in [4.69, 9.17) is 23.1 Å². The van der Waals surface area contributed by atoms with Crippen LogP contribution in [-0.4, -0.2) is 4.98 Å². The highest BCUT2D eigenvalue weighted by Crippen LogP contribution is 2.49. The van der Waals surface area contributed by atoms with Crippen LogP contribution in [0.3, 0.4) is 0 Å². The van der Waals surface area contributed by atoms with E-state index in [1.54, 1.807) is 61.9 Å². The van der Waals surface area contributed by atoms with Crippen LogP contribution in [0.25, 0.3) is 44.6 Å². The number of hydrogen-bond acceptors (Lipinski definition) is 2. The van der Waals surface area contributed by atoms with Gasteiger partial charge in [0.05, 0.1) is 11.3 Å². The zero-order valence-electron chi connectivity index (χ0n) is 29.5. The number of benzene rings is 2. The number of furan rings is 1. The molecule has 3 nitrogen and oxygen atoms in total. The van der Waals surface area contributed by atoms with Gasteiger partial charge >= 0.3 is 0 Å². The first-order valence-electron chi connectivity index (χ1n) is 16.2. The highest BCUT2D eigenvalue weighted by atomic mass is 16.3. The lowest BCUT2D eigenvalue weighted by molar-refractivity contribution is -0.660. The maximum Gasteiger partial charge on any atom is 0.227 e. The van der Waals surface area contributed by atoms with Gasteiger partial charge in [0.2, 0.25) is 11.4 Å². The molecule has 0 unspecified atom stereocenters. The van der Waals surface area contributed by atoms with E-state index in [-0.39, 0.29) is 28.1 Å². The quantitative estimate of drug-likeness (QED) is 0.257. The second kappa shape index (κ2) is 7.02. The number of aromatic nitrogens is 2. The van der Waals surface area contributed by atoms with Gasteiger partial charge in [0.25, 0.3) is 0 Å². The largest absolute Gasteiger partial charge is 0.437 e. The summed E-state index contributed by atoms with van der Waals surface area (Å²) in [6.45, 7) is -3.10. The van der Waals surface area contributed by atoms with Crippen molar-refractivity contribution in [1.29, 1.82) is 0 Å². The molecule has 6 rings (SSSR count). The Bertz CT molecular complexity index is 1980. The molecule has 0 saturated heterocycles. The predicted molar refractivity (Wildman–Crippen MR) is 139 cm³/mol. The SMILES string of the molecule is [2H]C([2H])([2H])c1c[n+](C)c(-c2c(C)ccc3c2oc2nc4c(cc23)C(C([2H])([2H])[2H])(C([2H])([2H])[2H])c2ccccc2-4)cc1C([2H])(C)C. The van der Waals surface area contributed by atoms with Crippen LogP contribution < -0.4 is 4.57 Å². The first kappa shape index (κ1) is 12.9. The summed E-state index contributed by atoms with van der Waals surface area (Å²) in [7, 11) is 1.73. The Morgan fingerprint density at radius 3 is 2.62 bits per heavy atom. The topological polar surface area (TPSA) is 29.9 Å². The van der Waals surface area contributed by atoms with Crippen molar-refractivity contribution in [1.82, 2.24) is 4.98 Å². The van der Waals surface area contributed by atoms with Gasteiger partial charge in [-0.25, -0.2) is 9.55 Å². The lowest BCUT2D eigenvalue weighted by Gasteiger charge is -2.20. The second-order valence-electron chi connectivity index (χ2n) is 9.37. The fraction of sp³-hybridized carbons (Fsp3) is 0.290. The van der Waals surface area contributed by atoms with Gasteiger partial charge in [-0.1, -0.05) is 63.9 Å². The van der Waals surface area contributed by atoms with Crippen LogP contribution in [-0.2, 0) is 12.5 Å². The van der Waals surface area contributed by atoms with Crippen molar-refractivity contribution in [2.45, 2.75) is 52.6 Å². The predicted octanol–water partition coefficient (Wildman–Crippen LogP) is 7.52. The average Bonchev–Trinajstić information content (AvgIpc) is 3.39. The van der Waals surface area contributed by atoms with Gasteiger partial charge in [-0.3, -0.25) is 0 Å². The van der Waals surface area contributed by atoms with Crippen molar-refractivity contribution in [3.05, 3.63) is 82.5 Å². The Hall–Kier alpha value is -3.46. The highest BCUT2D eigenvalue weighted by Gasteiger charge is 2.37. The molecule has 3 heteroatoms. The molecule has 3 aromatic heterocycles. The molecule has 1 aliphatic carbocycles. The summed E-state index contributed by atoms with van der Waals surface area (Å²) >= 11 is 0. The number of pyridine rings is 2. The van der Waals surface area contributed by atoms with Crippen molar-refractivity contribution in [2.75, 3.05) is 0 Å². The average molecular weight is 458 g/mol. The first-order chi connectivity index (χ1) is 20.2. The molecular formula is C31H31N2O+. The molecule has 0 N–H and O–H groups in total. The zero-order valence-corrected chi connectivity index (χ0v) is 19.5. The zero-order chi connectivity index (χ0) is 32.4. The van der Waals surface area contributed by atoms with E-state index in [9.17, 15) is 0 Å². The molecule has 0 fully saturated rings. The maximum atomic E-state index is 8.72. The summed E-state index contributed by atoms with van der Waals surface area (Å²) < 4.78 is 92.2. The minimum Gasteiger partial charge on any atom is -0.437 e. The monoisotopic (exact) mass is 457 g/mol. The normalized spacial score (nSPS) is 20.0. The fourth-order valence-electron chi connectivity index (χ4n) is 5.15. The standard InChI is InChI=1S/C31H31N2O/c1-17(2)22-15-26(33(7)16-19(22)4)27-18(3)12-13-20-23-14-25-28(32-30(23)34-29(20)27)21-10-8-9-11-24(21)31(25,5)6/h8-17H,1-7H3/q+1/i4D3,5D3,6D3,17D. The Morgan fingerprint density at radius 2 is 1.85 bits per heavy atom. The van der Waals surface area contributed by atoms with E-state index in [2.05, 4.69) is 0 Å². The van der Waals surface area contributed by atoms with E-state index >= 15 is 0 Å². The number of hydrogen-bond donors (Lipinski definition) is 0. The van der Waals surface area contributed by atoms with Gasteiger partial charge in [0.1, 0.15) is 7.05 Å². The Kier molecular flexibility index (Phi) is 2.65. The van der Waals surface area contributed by atoms with Crippen LogP contribution >= 0.6 is 0 Å². The molecule has 2 aromatic carbocycles. The molecule has 0 spiro atoms. The fourth-order valence-corrected chi connectivity index (χ4v) is 5.15. The van der Waals surface area contributed by atoms with E-state index in [0.29, 0.717) is 38.7 Å². The summed E-state index contributed by atoms with van der Waals surface area (Å²) in [5.41, 5.74) is 1.86. The lowest BCUT2D eigenvalue weighted by atomic mass is 9.82. The van der Waals surface area contributed by atoms with E-state index in [0.717, 1.165) is 5.56 Å². The van der Waals surface area contributed by atoms with Gasteiger partial charge in [0, 0.05) is 47.1 Å². The van der Waals surface area contributed by atoms with Crippen molar-refractivity contribution >= 4 is 22.1 Å². The summed E-state index contributed by atoms with van der Waals surface area (Å²) in [5, 5.41) is 1.07. The van der Waals surface area contributed by atoms with Gasteiger partial charge in [0.15, 0.2) is 11.8 Å². The van der Waals surface area contributed by atoms with Crippen LogP contribution in [0.15, 0.2) is 59.1 Å². The Morgan fingerprint density at radius 1 is 1.03 bits per heavy atom. The van der Waals surface area contributed by atoms with Crippen LogP contribution in [0.2, 0.25) is 0 Å². The van der Waals surface area contributed by atoms with Crippen molar-refractivity contribution in [2.24, 2.45) is 7.05 Å². The van der Waals surface area contributed by atoms with Gasteiger partial charge in [-0.15, -0.1) is 0 Å². The Labute approximate surface area is 215 Å². The molecule has 0 amide bonds. The van der Waals surface area contributed by atoms with Crippen LogP contribution in [0, 0.1) is 13.8 Å². The molecule has 0 radical (unpaired) electrons. The summed E-state index contributed by atoms with van der Waals surface area (Å²) in [6, 6.07) is 13.6. The minimum absolute atomic E-state index is 0.0839. The van der Waals surface area contributed by atoms with Crippen molar-refractivity contribution < 1.29 is 22.7 Å². The molecule has 1 aliphatic rings. The molecule has 0 saturated carbocycles. The minimum atomic E-state index is -2.92. The van der Waals surface area contributed by atoms with Crippen molar-refractivity contribution in [3.63, 3.8) is 0 Å². The third-order valence-electron chi connectivity index (χ3n) is 6.90. The molecule has 0 atom stereocenters. The third-order valence-corrected chi connectivity index (χ3v) is 6.90.